The lowest BCUT2D eigenvalue weighted by molar-refractivity contribution is -0.139. The largest absolute Gasteiger partial charge is 0.469 e. The van der Waals surface area contributed by atoms with Gasteiger partial charge in [0.15, 0.2) is 0 Å². The van der Waals surface area contributed by atoms with Gasteiger partial charge in [-0.2, -0.15) is 0 Å². The van der Waals surface area contributed by atoms with Crippen molar-refractivity contribution >= 4 is 17.6 Å². The number of ether oxygens (including phenoxy) is 1. The molecule has 1 aliphatic rings. The van der Waals surface area contributed by atoms with E-state index in [-0.39, 0.29) is 24.3 Å². The first-order chi connectivity index (χ1) is 9.19. The molecule has 1 saturated heterocycles. The third kappa shape index (κ3) is 3.79. The molecule has 0 bridgehead atoms. The number of nitrogens with one attached hydrogen (secondary N) is 2. The van der Waals surface area contributed by atoms with Gasteiger partial charge in [-0.1, -0.05) is 12.1 Å². The Hall–Kier alpha value is -1.88. The van der Waals surface area contributed by atoms with Crippen LogP contribution in [0.5, 0.6) is 0 Å². The number of methoxy groups -OCH3 is 1. The molecule has 1 aromatic carbocycles. The third-order valence-corrected chi connectivity index (χ3v) is 3.17. The summed E-state index contributed by atoms with van der Waals surface area (Å²) >= 11 is 0. The first kappa shape index (κ1) is 13.5. The van der Waals surface area contributed by atoms with E-state index in [1.54, 1.807) is 12.1 Å². The number of benzene rings is 1. The summed E-state index contributed by atoms with van der Waals surface area (Å²) in [5.41, 5.74) is 1.61. The Kier molecular flexibility index (Phi) is 4.52. The van der Waals surface area contributed by atoms with E-state index in [2.05, 4.69) is 15.4 Å². The van der Waals surface area contributed by atoms with Crippen LogP contribution in [0.2, 0.25) is 0 Å². The normalized spacial score (nSPS) is 18.1. The van der Waals surface area contributed by atoms with Gasteiger partial charge in [-0.3, -0.25) is 9.59 Å². The minimum absolute atomic E-state index is 0.00165. The molecule has 0 saturated carbocycles. The van der Waals surface area contributed by atoms with Crippen LogP contribution in [0, 0.1) is 0 Å². The number of carbonyl (C=O) groups excluding carboxylic acids is 2. The van der Waals surface area contributed by atoms with Crippen molar-refractivity contribution in [3.63, 3.8) is 0 Å². The lowest BCUT2D eigenvalue weighted by atomic mass is 10.1. The lowest BCUT2D eigenvalue weighted by Gasteiger charge is -2.11. The predicted molar refractivity (Wildman–Crippen MR) is 71.8 cm³/mol. The van der Waals surface area contributed by atoms with Gasteiger partial charge in [-0.15, -0.1) is 0 Å². The van der Waals surface area contributed by atoms with Gasteiger partial charge in [0.1, 0.15) is 0 Å². The zero-order valence-electron chi connectivity index (χ0n) is 10.9. The number of amides is 1. The van der Waals surface area contributed by atoms with Gasteiger partial charge >= 0.3 is 5.97 Å². The van der Waals surface area contributed by atoms with Crippen molar-refractivity contribution in [2.45, 2.75) is 25.3 Å². The zero-order valence-corrected chi connectivity index (χ0v) is 10.9. The van der Waals surface area contributed by atoms with Gasteiger partial charge in [-0.25, -0.2) is 0 Å². The molecular weight excluding hydrogens is 244 g/mol. The first-order valence-corrected chi connectivity index (χ1v) is 6.39. The average molecular weight is 262 g/mol. The van der Waals surface area contributed by atoms with Crippen LogP contribution >= 0.6 is 0 Å². The van der Waals surface area contributed by atoms with E-state index in [1.807, 2.05) is 12.1 Å². The summed E-state index contributed by atoms with van der Waals surface area (Å²) in [6.45, 7) is 0.899. The Balaban J connectivity index is 1.91. The highest BCUT2D eigenvalue weighted by Gasteiger charge is 2.21. The van der Waals surface area contributed by atoms with Gasteiger partial charge < -0.3 is 15.4 Å². The Morgan fingerprint density at radius 2 is 2.11 bits per heavy atom. The fourth-order valence-electron chi connectivity index (χ4n) is 2.08. The van der Waals surface area contributed by atoms with Gasteiger partial charge in [0.2, 0.25) is 5.91 Å². The second-order valence-corrected chi connectivity index (χ2v) is 4.59. The predicted octanol–water partition coefficient (Wildman–Crippen LogP) is 1.09. The average Bonchev–Trinajstić information content (AvgIpc) is 2.95. The first-order valence-electron chi connectivity index (χ1n) is 6.39. The van der Waals surface area contributed by atoms with E-state index in [0.717, 1.165) is 30.6 Å². The summed E-state index contributed by atoms with van der Waals surface area (Å²) in [4.78, 5) is 23.0. The molecule has 5 heteroatoms. The number of hydrogen-bond donors (Lipinski definition) is 2. The fraction of sp³-hybridized carbons (Fsp3) is 0.429. The maximum atomic E-state index is 11.9. The van der Waals surface area contributed by atoms with Crippen LogP contribution in [0.1, 0.15) is 18.4 Å². The monoisotopic (exact) mass is 262 g/mol. The molecule has 1 amide bonds. The maximum absolute atomic E-state index is 11.9. The Bertz CT molecular complexity index is 450. The van der Waals surface area contributed by atoms with Gasteiger partial charge in [0.25, 0.3) is 0 Å². The molecule has 1 fully saturated rings. The third-order valence-electron chi connectivity index (χ3n) is 3.17. The number of esters is 1. The second-order valence-electron chi connectivity index (χ2n) is 4.59. The number of rotatable bonds is 4. The molecule has 2 rings (SSSR count). The van der Waals surface area contributed by atoms with Crippen molar-refractivity contribution < 1.29 is 14.3 Å². The SMILES string of the molecule is COC(=O)Cc1ccc(NC(=O)C2CCCN2)cc1. The van der Waals surface area contributed by atoms with Gasteiger partial charge in [0, 0.05) is 5.69 Å². The van der Waals surface area contributed by atoms with Crippen LogP contribution in [0.25, 0.3) is 0 Å². The molecular formula is C14H18N2O3. The van der Waals surface area contributed by atoms with Crippen molar-refractivity contribution in [1.82, 2.24) is 5.32 Å². The Morgan fingerprint density at radius 1 is 1.37 bits per heavy atom. The minimum atomic E-state index is -0.271. The number of carbonyl (C=O) groups is 2. The van der Waals surface area contributed by atoms with Crippen LogP contribution in [-0.4, -0.2) is 31.6 Å². The molecule has 1 aliphatic heterocycles. The van der Waals surface area contributed by atoms with Crippen molar-refractivity contribution in [3.8, 4) is 0 Å². The van der Waals surface area contributed by atoms with E-state index in [9.17, 15) is 9.59 Å². The smallest absolute Gasteiger partial charge is 0.309 e. The van der Waals surface area contributed by atoms with Crippen molar-refractivity contribution in [3.05, 3.63) is 29.8 Å². The molecule has 1 unspecified atom stereocenters. The summed E-state index contributed by atoms with van der Waals surface area (Å²) < 4.78 is 4.60. The molecule has 1 heterocycles. The summed E-state index contributed by atoms with van der Waals surface area (Å²) in [7, 11) is 1.37. The molecule has 102 valence electrons. The van der Waals surface area contributed by atoms with Crippen LogP contribution in [0.4, 0.5) is 5.69 Å². The van der Waals surface area contributed by atoms with Crippen molar-refractivity contribution in [2.24, 2.45) is 0 Å². The fourth-order valence-corrected chi connectivity index (χ4v) is 2.08. The molecule has 1 atom stereocenters. The highest BCUT2D eigenvalue weighted by atomic mass is 16.5. The number of anilines is 1. The standard InChI is InChI=1S/C14H18N2O3/c1-19-13(17)9-10-4-6-11(7-5-10)16-14(18)12-3-2-8-15-12/h4-7,12,15H,2-3,8-9H2,1H3,(H,16,18). The van der Waals surface area contributed by atoms with Crippen LogP contribution < -0.4 is 10.6 Å². The van der Waals surface area contributed by atoms with Crippen LogP contribution in [-0.2, 0) is 20.7 Å². The molecule has 19 heavy (non-hydrogen) atoms. The molecule has 0 aliphatic carbocycles. The molecule has 0 spiro atoms. The summed E-state index contributed by atoms with van der Waals surface area (Å²) in [6.07, 6.45) is 2.16. The Labute approximate surface area is 112 Å². The van der Waals surface area contributed by atoms with E-state index in [1.165, 1.54) is 7.11 Å². The van der Waals surface area contributed by atoms with E-state index in [4.69, 9.17) is 0 Å². The number of hydrogen-bond acceptors (Lipinski definition) is 4. The quantitative estimate of drug-likeness (QED) is 0.797. The highest BCUT2D eigenvalue weighted by Crippen LogP contribution is 2.13. The molecule has 5 nitrogen and oxygen atoms in total. The Morgan fingerprint density at radius 3 is 2.68 bits per heavy atom. The van der Waals surface area contributed by atoms with E-state index < -0.39 is 0 Å². The maximum Gasteiger partial charge on any atom is 0.309 e. The van der Waals surface area contributed by atoms with Crippen LogP contribution in [0.15, 0.2) is 24.3 Å². The topological polar surface area (TPSA) is 67.4 Å². The molecule has 2 N–H and O–H groups in total. The van der Waals surface area contributed by atoms with Crippen molar-refractivity contribution in [2.75, 3.05) is 19.0 Å². The summed E-state index contributed by atoms with van der Waals surface area (Å²) in [5, 5.41) is 6.01. The lowest BCUT2D eigenvalue weighted by Crippen LogP contribution is -2.35. The molecule has 0 radical (unpaired) electrons. The second kappa shape index (κ2) is 6.33. The van der Waals surface area contributed by atoms with Gasteiger partial charge in [0.05, 0.1) is 19.6 Å². The minimum Gasteiger partial charge on any atom is -0.469 e. The molecule has 0 aromatic heterocycles. The summed E-state index contributed by atoms with van der Waals surface area (Å²) in [5.74, 6) is -0.273. The summed E-state index contributed by atoms with van der Waals surface area (Å²) in [6, 6.07) is 7.13. The van der Waals surface area contributed by atoms with E-state index in [0.29, 0.717) is 0 Å². The van der Waals surface area contributed by atoms with Gasteiger partial charge in [-0.05, 0) is 37.1 Å². The highest BCUT2D eigenvalue weighted by molar-refractivity contribution is 5.95. The molecule has 1 aromatic rings. The zero-order chi connectivity index (χ0) is 13.7. The van der Waals surface area contributed by atoms with E-state index >= 15 is 0 Å². The van der Waals surface area contributed by atoms with Crippen molar-refractivity contribution in [1.29, 1.82) is 0 Å². The van der Waals surface area contributed by atoms with Crippen LogP contribution in [0.3, 0.4) is 0 Å².